The average molecular weight is 461 g/mol. The van der Waals surface area contributed by atoms with Crippen molar-refractivity contribution in [1.82, 2.24) is 10.3 Å². The van der Waals surface area contributed by atoms with Crippen LogP contribution < -0.4 is 10.1 Å². The minimum Gasteiger partial charge on any atom is -0.487 e. The zero-order chi connectivity index (χ0) is 23.3. The lowest BCUT2D eigenvalue weighted by Gasteiger charge is -2.22. The van der Waals surface area contributed by atoms with Gasteiger partial charge in [-0.3, -0.25) is 4.98 Å². The molecule has 2 aromatic rings. The number of ether oxygens (including phenoxy) is 3. The van der Waals surface area contributed by atoms with Crippen LogP contribution in [0.1, 0.15) is 56.4 Å². The molecule has 1 fully saturated rings. The van der Waals surface area contributed by atoms with E-state index < -0.39 is 23.7 Å². The van der Waals surface area contributed by atoms with Gasteiger partial charge in [0, 0.05) is 22.7 Å². The van der Waals surface area contributed by atoms with Crippen LogP contribution in [0.25, 0.3) is 0 Å². The maximum absolute atomic E-state index is 12.1. The molecule has 0 bridgehead atoms. The van der Waals surface area contributed by atoms with E-state index in [9.17, 15) is 9.59 Å². The number of methoxy groups -OCH3 is 1. The van der Waals surface area contributed by atoms with E-state index >= 15 is 0 Å². The number of amides is 1. The molecule has 172 valence electrons. The van der Waals surface area contributed by atoms with Gasteiger partial charge in [-0.25, -0.2) is 9.59 Å². The molecule has 0 radical (unpaired) electrons. The van der Waals surface area contributed by atoms with E-state index in [1.54, 1.807) is 39.1 Å². The number of benzene rings is 1. The van der Waals surface area contributed by atoms with Gasteiger partial charge < -0.3 is 19.5 Å². The molecule has 1 unspecified atom stereocenters. The molecule has 8 heteroatoms. The lowest BCUT2D eigenvalue weighted by atomic mass is 10.0. The zero-order valence-corrected chi connectivity index (χ0v) is 19.6. The fourth-order valence-corrected chi connectivity index (χ4v) is 3.51. The van der Waals surface area contributed by atoms with Crippen LogP contribution in [0.15, 0.2) is 36.5 Å². The Morgan fingerprint density at radius 3 is 2.56 bits per heavy atom. The van der Waals surface area contributed by atoms with Gasteiger partial charge in [-0.2, -0.15) is 0 Å². The number of carbonyl (C=O) groups excluding carboxylic acids is 2. The third-order valence-corrected chi connectivity index (χ3v) is 5.30. The Morgan fingerprint density at radius 1 is 1.22 bits per heavy atom. The molecule has 3 rings (SSSR count). The minimum absolute atomic E-state index is 0.155. The fourth-order valence-electron chi connectivity index (χ4n) is 3.27. The van der Waals surface area contributed by atoms with Crippen LogP contribution in [0.2, 0.25) is 5.02 Å². The van der Waals surface area contributed by atoms with Gasteiger partial charge in [0.05, 0.1) is 13.3 Å². The van der Waals surface area contributed by atoms with E-state index in [-0.39, 0.29) is 6.42 Å². The highest BCUT2D eigenvalue weighted by Crippen LogP contribution is 2.43. The van der Waals surface area contributed by atoms with Crippen LogP contribution >= 0.6 is 11.6 Å². The van der Waals surface area contributed by atoms with Crippen LogP contribution in [0, 0.1) is 0 Å². The molecule has 32 heavy (non-hydrogen) atoms. The molecule has 1 saturated carbocycles. The maximum Gasteiger partial charge on any atom is 0.408 e. The first-order chi connectivity index (χ1) is 15.2. The summed E-state index contributed by atoms with van der Waals surface area (Å²) in [5, 5.41) is 3.24. The second kappa shape index (κ2) is 10.2. The summed E-state index contributed by atoms with van der Waals surface area (Å²) >= 11 is 6.39. The molecule has 1 heterocycles. The maximum atomic E-state index is 12.1. The van der Waals surface area contributed by atoms with Crippen molar-refractivity contribution in [2.24, 2.45) is 0 Å². The average Bonchev–Trinajstić information content (AvgIpc) is 3.56. The summed E-state index contributed by atoms with van der Waals surface area (Å²) in [7, 11) is 1.26. The van der Waals surface area contributed by atoms with Gasteiger partial charge in [0.25, 0.3) is 0 Å². The molecule has 1 amide bonds. The van der Waals surface area contributed by atoms with Gasteiger partial charge in [0.2, 0.25) is 0 Å². The van der Waals surface area contributed by atoms with Crippen LogP contribution in [-0.4, -0.2) is 35.8 Å². The van der Waals surface area contributed by atoms with Crippen molar-refractivity contribution in [3.63, 3.8) is 0 Å². The van der Waals surface area contributed by atoms with Crippen LogP contribution in [0.5, 0.6) is 5.75 Å². The quantitative estimate of drug-likeness (QED) is 0.569. The smallest absolute Gasteiger partial charge is 0.408 e. The normalized spacial score (nSPS) is 14.4. The first-order valence-corrected chi connectivity index (χ1v) is 11.0. The van der Waals surface area contributed by atoms with E-state index in [1.807, 2.05) is 12.1 Å². The standard InChI is InChI=1S/C24H29ClN2O5/c1-24(2,3)32-23(29)27-21(22(28)30-4)12-16-10-11-17(13-26-16)31-14-19-18(15-8-9-15)6-5-7-20(19)25/h5-7,10-11,13,15,21H,8-9,12,14H2,1-4H3,(H,27,29). The summed E-state index contributed by atoms with van der Waals surface area (Å²) in [5.41, 5.74) is 2.17. The summed E-state index contributed by atoms with van der Waals surface area (Å²) < 4.78 is 15.9. The molecule has 1 aromatic heterocycles. The van der Waals surface area contributed by atoms with Crippen molar-refractivity contribution < 1.29 is 23.8 Å². The highest BCUT2D eigenvalue weighted by molar-refractivity contribution is 6.31. The molecular weight excluding hydrogens is 432 g/mol. The molecule has 1 aliphatic carbocycles. The summed E-state index contributed by atoms with van der Waals surface area (Å²) in [4.78, 5) is 28.5. The predicted octanol–water partition coefficient (Wildman–Crippen LogP) is 4.80. The lowest BCUT2D eigenvalue weighted by Crippen LogP contribution is -2.45. The second-order valence-corrected chi connectivity index (χ2v) is 9.19. The van der Waals surface area contributed by atoms with E-state index in [0.717, 1.165) is 5.56 Å². The third kappa shape index (κ3) is 6.85. The van der Waals surface area contributed by atoms with E-state index in [0.29, 0.717) is 29.0 Å². The number of rotatable bonds is 8. The topological polar surface area (TPSA) is 86.8 Å². The third-order valence-electron chi connectivity index (χ3n) is 4.94. The minimum atomic E-state index is -0.918. The molecule has 0 spiro atoms. The highest BCUT2D eigenvalue weighted by Gasteiger charge is 2.27. The first-order valence-electron chi connectivity index (χ1n) is 10.6. The van der Waals surface area contributed by atoms with Gasteiger partial charge in [0.1, 0.15) is 24.0 Å². The number of halogens is 1. The fraction of sp³-hybridized carbons (Fsp3) is 0.458. The molecule has 1 aromatic carbocycles. The van der Waals surface area contributed by atoms with Gasteiger partial charge in [0.15, 0.2) is 0 Å². The van der Waals surface area contributed by atoms with Crippen LogP contribution in [-0.2, 0) is 27.3 Å². The molecule has 0 aliphatic heterocycles. The first kappa shape index (κ1) is 23.9. The number of pyridine rings is 1. The zero-order valence-electron chi connectivity index (χ0n) is 18.8. The van der Waals surface area contributed by atoms with Gasteiger partial charge in [-0.1, -0.05) is 23.7 Å². The number of nitrogens with zero attached hydrogens (tertiary/aromatic N) is 1. The van der Waals surface area contributed by atoms with E-state index in [1.165, 1.54) is 25.5 Å². The number of carbonyl (C=O) groups is 2. The number of hydrogen-bond donors (Lipinski definition) is 1. The lowest BCUT2D eigenvalue weighted by molar-refractivity contribution is -0.143. The number of hydrogen-bond acceptors (Lipinski definition) is 6. The summed E-state index contributed by atoms with van der Waals surface area (Å²) in [6, 6.07) is 8.55. The van der Waals surface area contributed by atoms with Crippen molar-refractivity contribution in [1.29, 1.82) is 0 Å². The Balaban J connectivity index is 1.61. The monoisotopic (exact) mass is 460 g/mol. The van der Waals surface area contributed by atoms with Crippen molar-refractivity contribution >= 4 is 23.7 Å². The molecule has 1 aliphatic rings. The Morgan fingerprint density at radius 2 is 1.97 bits per heavy atom. The summed E-state index contributed by atoms with van der Waals surface area (Å²) in [6.45, 7) is 5.60. The van der Waals surface area contributed by atoms with Crippen molar-refractivity contribution in [3.05, 3.63) is 58.4 Å². The van der Waals surface area contributed by atoms with Crippen molar-refractivity contribution in [2.75, 3.05) is 7.11 Å². The largest absolute Gasteiger partial charge is 0.487 e. The molecule has 1 N–H and O–H groups in total. The van der Waals surface area contributed by atoms with Crippen LogP contribution in [0.4, 0.5) is 4.79 Å². The molecule has 0 saturated heterocycles. The number of aromatic nitrogens is 1. The summed E-state index contributed by atoms with van der Waals surface area (Å²) in [5.74, 6) is 0.579. The Kier molecular flexibility index (Phi) is 7.61. The Labute approximate surface area is 193 Å². The highest BCUT2D eigenvalue weighted by atomic mass is 35.5. The SMILES string of the molecule is COC(=O)C(Cc1ccc(OCc2c(Cl)cccc2C2CC2)cn1)NC(=O)OC(C)(C)C. The second-order valence-electron chi connectivity index (χ2n) is 8.78. The number of nitrogens with one attached hydrogen (secondary N) is 1. The summed E-state index contributed by atoms with van der Waals surface area (Å²) in [6.07, 6.45) is 3.41. The van der Waals surface area contributed by atoms with Gasteiger partial charge in [-0.05, 0) is 63.3 Å². The van der Waals surface area contributed by atoms with Gasteiger partial charge in [-0.15, -0.1) is 0 Å². The van der Waals surface area contributed by atoms with E-state index in [2.05, 4.69) is 16.4 Å². The molecular formula is C24H29ClN2O5. The molecule has 1 atom stereocenters. The number of esters is 1. The Bertz CT molecular complexity index is 952. The number of alkyl carbamates (subject to hydrolysis) is 1. The van der Waals surface area contributed by atoms with Crippen LogP contribution in [0.3, 0.4) is 0 Å². The van der Waals surface area contributed by atoms with E-state index in [4.69, 9.17) is 25.8 Å². The van der Waals surface area contributed by atoms with Crippen molar-refractivity contribution in [3.8, 4) is 5.75 Å². The Hall–Kier alpha value is -2.80. The predicted molar refractivity (Wildman–Crippen MR) is 121 cm³/mol. The molecule has 7 nitrogen and oxygen atoms in total. The van der Waals surface area contributed by atoms with Crippen molar-refractivity contribution in [2.45, 2.75) is 64.2 Å². The van der Waals surface area contributed by atoms with Gasteiger partial charge >= 0.3 is 12.1 Å².